The normalized spacial score (nSPS) is 10.5. The van der Waals surface area contributed by atoms with Crippen LogP contribution in [0.25, 0.3) is 0 Å². The molecule has 0 aliphatic carbocycles. The topological polar surface area (TPSA) is 60.7 Å². The summed E-state index contributed by atoms with van der Waals surface area (Å²) in [6, 6.07) is 1.09. The zero-order chi connectivity index (χ0) is 10.7. The average molecular weight is 265 g/mol. The first-order valence-corrected chi connectivity index (χ1v) is 4.87. The molecule has 0 aromatic heterocycles. The van der Waals surface area contributed by atoms with E-state index in [0.29, 0.717) is 6.42 Å². The van der Waals surface area contributed by atoms with E-state index in [0.717, 1.165) is 6.07 Å². The maximum Gasteiger partial charge on any atom is 0.163 e. The number of hydrogen-bond donors (Lipinski definition) is 3. The van der Waals surface area contributed by atoms with E-state index in [4.69, 9.17) is 5.11 Å². The summed E-state index contributed by atoms with van der Waals surface area (Å²) in [4.78, 5) is 0. The standard InChI is InChI=1S/C9H10BrFO3/c10-6-4-7(13)9(14)5(8(6)11)2-1-3-12/h4,12-14H,1-3H2. The van der Waals surface area contributed by atoms with E-state index in [1.165, 1.54) is 0 Å². The largest absolute Gasteiger partial charge is 0.504 e. The SMILES string of the molecule is OCCCc1c(O)c(O)cc(Br)c1F. The van der Waals surface area contributed by atoms with Gasteiger partial charge in [0.05, 0.1) is 4.47 Å². The number of benzene rings is 1. The molecule has 14 heavy (non-hydrogen) atoms. The molecule has 0 saturated heterocycles. The minimum Gasteiger partial charge on any atom is -0.504 e. The molecule has 0 atom stereocenters. The summed E-state index contributed by atoms with van der Waals surface area (Å²) in [5.41, 5.74) is 0.0194. The molecule has 1 rings (SSSR count). The van der Waals surface area contributed by atoms with Gasteiger partial charge in [-0.25, -0.2) is 4.39 Å². The van der Waals surface area contributed by atoms with E-state index in [-0.39, 0.29) is 28.8 Å². The van der Waals surface area contributed by atoms with Crippen LogP contribution in [-0.4, -0.2) is 21.9 Å². The van der Waals surface area contributed by atoms with Crippen molar-refractivity contribution >= 4 is 15.9 Å². The third-order valence-corrected chi connectivity index (χ3v) is 2.43. The van der Waals surface area contributed by atoms with E-state index in [1.807, 2.05) is 0 Å². The second-order valence-electron chi connectivity index (χ2n) is 2.85. The molecule has 0 aliphatic rings. The lowest BCUT2D eigenvalue weighted by Gasteiger charge is -2.08. The van der Waals surface area contributed by atoms with Gasteiger partial charge in [-0.2, -0.15) is 0 Å². The summed E-state index contributed by atoms with van der Waals surface area (Å²) in [6.45, 7) is -0.0911. The van der Waals surface area contributed by atoms with Crippen molar-refractivity contribution in [1.29, 1.82) is 0 Å². The lowest BCUT2D eigenvalue weighted by Crippen LogP contribution is -1.95. The molecule has 0 aliphatic heterocycles. The molecule has 0 fully saturated rings. The van der Waals surface area contributed by atoms with E-state index >= 15 is 0 Å². The predicted octanol–water partition coefficient (Wildman–Crippen LogP) is 1.92. The average Bonchev–Trinajstić information content (AvgIpc) is 2.15. The summed E-state index contributed by atoms with van der Waals surface area (Å²) >= 11 is 2.91. The molecule has 0 bridgehead atoms. The lowest BCUT2D eigenvalue weighted by molar-refractivity contribution is 0.286. The minimum atomic E-state index is -0.603. The Bertz CT molecular complexity index is 315. The van der Waals surface area contributed by atoms with Gasteiger partial charge >= 0.3 is 0 Å². The molecular weight excluding hydrogens is 255 g/mol. The molecule has 0 heterocycles. The Labute approximate surface area is 88.9 Å². The van der Waals surface area contributed by atoms with Gasteiger partial charge in [0.1, 0.15) is 5.82 Å². The van der Waals surface area contributed by atoms with Crippen LogP contribution in [0.3, 0.4) is 0 Å². The highest BCUT2D eigenvalue weighted by Crippen LogP contribution is 2.36. The van der Waals surface area contributed by atoms with Gasteiger partial charge in [-0.05, 0) is 28.8 Å². The molecule has 0 amide bonds. The first-order valence-electron chi connectivity index (χ1n) is 4.07. The van der Waals surface area contributed by atoms with Crippen LogP contribution < -0.4 is 0 Å². The fraction of sp³-hybridized carbons (Fsp3) is 0.333. The monoisotopic (exact) mass is 264 g/mol. The van der Waals surface area contributed by atoms with Gasteiger partial charge in [0.2, 0.25) is 0 Å². The molecule has 0 spiro atoms. The van der Waals surface area contributed by atoms with Crippen molar-refractivity contribution in [3.63, 3.8) is 0 Å². The first kappa shape index (κ1) is 11.3. The molecule has 0 unspecified atom stereocenters. The van der Waals surface area contributed by atoms with Gasteiger partial charge in [-0.1, -0.05) is 0 Å². The summed E-state index contributed by atoms with van der Waals surface area (Å²) < 4.78 is 13.5. The van der Waals surface area contributed by atoms with Crippen molar-refractivity contribution in [2.75, 3.05) is 6.61 Å². The van der Waals surface area contributed by atoms with Crippen molar-refractivity contribution < 1.29 is 19.7 Å². The fourth-order valence-corrected chi connectivity index (χ4v) is 1.59. The number of aliphatic hydroxyl groups excluding tert-OH is 1. The maximum atomic E-state index is 13.4. The second kappa shape index (κ2) is 4.61. The number of hydrogen-bond acceptors (Lipinski definition) is 3. The molecular formula is C9H10BrFO3. The van der Waals surface area contributed by atoms with Crippen LogP contribution in [0.5, 0.6) is 11.5 Å². The quantitative estimate of drug-likeness (QED) is 0.732. The molecule has 1 aromatic rings. The zero-order valence-electron chi connectivity index (χ0n) is 7.30. The van der Waals surface area contributed by atoms with Gasteiger partial charge in [0.15, 0.2) is 11.5 Å². The molecule has 0 radical (unpaired) electrons. The van der Waals surface area contributed by atoms with Crippen LogP contribution in [-0.2, 0) is 6.42 Å². The van der Waals surface area contributed by atoms with Crippen molar-refractivity contribution in [2.45, 2.75) is 12.8 Å². The van der Waals surface area contributed by atoms with E-state index in [9.17, 15) is 14.6 Å². The van der Waals surface area contributed by atoms with Crippen LogP contribution in [0, 0.1) is 5.82 Å². The molecule has 5 heteroatoms. The van der Waals surface area contributed by atoms with Crippen LogP contribution in [0.2, 0.25) is 0 Å². The third kappa shape index (κ3) is 2.16. The van der Waals surface area contributed by atoms with Crippen molar-refractivity contribution in [1.82, 2.24) is 0 Å². The van der Waals surface area contributed by atoms with Gasteiger partial charge in [-0.15, -0.1) is 0 Å². The summed E-state index contributed by atoms with van der Waals surface area (Å²) in [6.07, 6.45) is 0.515. The fourth-order valence-electron chi connectivity index (χ4n) is 1.14. The van der Waals surface area contributed by atoms with Gasteiger partial charge in [0.25, 0.3) is 0 Å². The number of phenols is 2. The molecule has 0 saturated carbocycles. The molecule has 3 nitrogen and oxygen atoms in total. The van der Waals surface area contributed by atoms with E-state index < -0.39 is 11.6 Å². The highest BCUT2D eigenvalue weighted by Gasteiger charge is 2.15. The smallest absolute Gasteiger partial charge is 0.163 e. The highest BCUT2D eigenvalue weighted by atomic mass is 79.9. The number of aromatic hydroxyl groups is 2. The van der Waals surface area contributed by atoms with Crippen molar-refractivity contribution in [2.24, 2.45) is 0 Å². The predicted molar refractivity (Wildman–Crippen MR) is 52.8 cm³/mol. The second-order valence-corrected chi connectivity index (χ2v) is 3.70. The van der Waals surface area contributed by atoms with Crippen LogP contribution in [0.15, 0.2) is 10.5 Å². The summed E-state index contributed by atoms with van der Waals surface area (Å²) in [5, 5.41) is 27.1. The lowest BCUT2D eigenvalue weighted by atomic mass is 10.1. The molecule has 78 valence electrons. The van der Waals surface area contributed by atoms with Crippen molar-refractivity contribution in [3.8, 4) is 11.5 Å². The van der Waals surface area contributed by atoms with Gasteiger partial charge in [0, 0.05) is 18.2 Å². The first-order chi connectivity index (χ1) is 6.57. The van der Waals surface area contributed by atoms with Gasteiger partial charge in [-0.3, -0.25) is 0 Å². The van der Waals surface area contributed by atoms with E-state index in [1.54, 1.807) is 0 Å². The van der Waals surface area contributed by atoms with Crippen LogP contribution in [0.4, 0.5) is 4.39 Å². The van der Waals surface area contributed by atoms with Gasteiger partial charge < -0.3 is 15.3 Å². The maximum absolute atomic E-state index is 13.4. The number of rotatable bonds is 3. The number of halogens is 2. The molecule has 1 aromatic carbocycles. The minimum absolute atomic E-state index is 0.0194. The Kier molecular flexibility index (Phi) is 3.71. The third-order valence-electron chi connectivity index (χ3n) is 1.85. The van der Waals surface area contributed by atoms with Crippen LogP contribution >= 0.6 is 15.9 Å². The number of aliphatic hydroxyl groups is 1. The molecule has 3 N–H and O–H groups in total. The van der Waals surface area contributed by atoms with E-state index in [2.05, 4.69) is 15.9 Å². The Balaban J connectivity index is 3.11. The van der Waals surface area contributed by atoms with Crippen molar-refractivity contribution in [3.05, 3.63) is 21.9 Å². The Morgan fingerprint density at radius 3 is 2.57 bits per heavy atom. The Morgan fingerprint density at radius 1 is 1.36 bits per heavy atom. The summed E-state index contributed by atoms with van der Waals surface area (Å²) in [5.74, 6) is -1.43. The number of phenolic OH excluding ortho intramolecular Hbond substituents is 2. The zero-order valence-corrected chi connectivity index (χ0v) is 8.88. The Morgan fingerprint density at radius 2 is 2.00 bits per heavy atom. The highest BCUT2D eigenvalue weighted by molar-refractivity contribution is 9.10. The van der Waals surface area contributed by atoms with Crippen LogP contribution in [0.1, 0.15) is 12.0 Å². The summed E-state index contributed by atoms with van der Waals surface area (Å²) in [7, 11) is 0. The Hall–Kier alpha value is -0.810.